The third-order valence-electron chi connectivity index (χ3n) is 2.37. The van der Waals surface area contributed by atoms with E-state index in [0.29, 0.717) is 12.5 Å². The Hall–Kier alpha value is -0.870. The quantitative estimate of drug-likeness (QED) is 0.778. The second-order valence-corrected chi connectivity index (χ2v) is 4.08. The zero-order valence-corrected chi connectivity index (χ0v) is 10.7. The van der Waals surface area contributed by atoms with Gasteiger partial charge < -0.3 is 10.1 Å². The van der Waals surface area contributed by atoms with Crippen LogP contribution in [0.4, 0.5) is 5.82 Å². The first-order valence-electron chi connectivity index (χ1n) is 5.29. The predicted octanol–water partition coefficient (Wildman–Crippen LogP) is 2.15. The van der Waals surface area contributed by atoms with Gasteiger partial charge in [-0.2, -0.15) is 0 Å². The van der Waals surface area contributed by atoms with E-state index in [1.54, 1.807) is 13.3 Å². The van der Waals surface area contributed by atoms with E-state index in [2.05, 4.69) is 15.3 Å². The van der Waals surface area contributed by atoms with Crippen molar-refractivity contribution < 1.29 is 4.74 Å². The molecule has 0 amide bonds. The maximum Gasteiger partial charge on any atom is 0.145 e. The second kappa shape index (κ2) is 6.66. The van der Waals surface area contributed by atoms with Gasteiger partial charge in [0.2, 0.25) is 0 Å². The van der Waals surface area contributed by atoms with Crippen LogP contribution < -0.4 is 5.32 Å². The molecule has 4 nitrogen and oxygen atoms in total. The van der Waals surface area contributed by atoms with Crippen molar-refractivity contribution in [3.63, 3.8) is 0 Å². The summed E-state index contributed by atoms with van der Waals surface area (Å²) in [7, 11) is 1.68. The van der Waals surface area contributed by atoms with Crippen molar-refractivity contribution in [1.82, 2.24) is 9.97 Å². The lowest BCUT2D eigenvalue weighted by Crippen LogP contribution is -2.26. The van der Waals surface area contributed by atoms with E-state index in [1.807, 2.05) is 13.8 Å². The Bertz CT molecular complexity index is 327. The summed E-state index contributed by atoms with van der Waals surface area (Å²) in [6, 6.07) is 0.180. The summed E-state index contributed by atoms with van der Waals surface area (Å²) in [5.74, 6) is 1.37. The van der Waals surface area contributed by atoms with Gasteiger partial charge in [0.1, 0.15) is 5.82 Å². The van der Waals surface area contributed by atoms with Crippen molar-refractivity contribution in [1.29, 1.82) is 0 Å². The normalized spacial score (nSPS) is 12.5. The highest BCUT2D eigenvalue weighted by molar-refractivity contribution is 6.17. The maximum absolute atomic E-state index is 5.72. The fourth-order valence-electron chi connectivity index (χ4n) is 1.35. The number of aryl methyl sites for hydroxylation is 2. The van der Waals surface area contributed by atoms with Gasteiger partial charge in [0.25, 0.3) is 0 Å². The largest absolute Gasteiger partial charge is 0.383 e. The molecule has 0 radical (unpaired) electrons. The molecule has 1 unspecified atom stereocenters. The molecule has 1 rings (SSSR count). The van der Waals surface area contributed by atoms with Gasteiger partial charge in [-0.25, -0.2) is 4.98 Å². The van der Waals surface area contributed by atoms with Crippen LogP contribution in [0.5, 0.6) is 0 Å². The fraction of sp³-hybridized carbons (Fsp3) is 0.636. The number of nitrogens with one attached hydrogen (secondary N) is 1. The van der Waals surface area contributed by atoms with Crippen molar-refractivity contribution in [2.45, 2.75) is 26.3 Å². The molecule has 1 atom stereocenters. The Kier molecular flexibility index (Phi) is 5.49. The molecular formula is C11H18ClN3O. The first-order chi connectivity index (χ1) is 7.67. The molecule has 0 spiro atoms. The lowest BCUT2D eigenvalue weighted by molar-refractivity contribution is 0.184. The number of hydrogen-bond acceptors (Lipinski definition) is 4. The highest BCUT2D eigenvalue weighted by atomic mass is 35.5. The van der Waals surface area contributed by atoms with Gasteiger partial charge in [-0.3, -0.25) is 4.98 Å². The molecule has 0 bridgehead atoms. The number of nitrogens with zero attached hydrogens (tertiary/aromatic N) is 2. The van der Waals surface area contributed by atoms with Gasteiger partial charge in [-0.1, -0.05) is 0 Å². The fourth-order valence-corrected chi connectivity index (χ4v) is 1.61. The first-order valence-corrected chi connectivity index (χ1v) is 5.82. The van der Waals surface area contributed by atoms with Crippen LogP contribution in [0.25, 0.3) is 0 Å². The number of hydrogen-bond donors (Lipinski definition) is 1. The molecule has 5 heteroatoms. The van der Waals surface area contributed by atoms with E-state index in [4.69, 9.17) is 16.3 Å². The van der Waals surface area contributed by atoms with Gasteiger partial charge in [0, 0.05) is 13.0 Å². The molecule has 0 saturated carbocycles. The molecular weight excluding hydrogens is 226 g/mol. The third kappa shape index (κ3) is 3.94. The number of anilines is 1. The van der Waals surface area contributed by atoms with Gasteiger partial charge >= 0.3 is 0 Å². The molecule has 90 valence electrons. The molecule has 0 aliphatic carbocycles. The van der Waals surface area contributed by atoms with E-state index in [0.717, 1.165) is 23.6 Å². The zero-order valence-electron chi connectivity index (χ0n) is 9.96. The molecule has 0 aromatic carbocycles. The zero-order chi connectivity index (χ0) is 12.0. The van der Waals surface area contributed by atoms with E-state index in [-0.39, 0.29) is 6.04 Å². The Morgan fingerprint density at radius 3 is 2.75 bits per heavy atom. The Balaban J connectivity index is 2.65. The van der Waals surface area contributed by atoms with Crippen molar-refractivity contribution in [3.8, 4) is 0 Å². The van der Waals surface area contributed by atoms with Gasteiger partial charge in [0.15, 0.2) is 0 Å². The highest BCUT2D eigenvalue weighted by Crippen LogP contribution is 2.09. The van der Waals surface area contributed by atoms with Gasteiger partial charge in [-0.15, -0.1) is 11.6 Å². The molecule has 1 aromatic rings. The molecule has 0 fully saturated rings. The Labute approximate surface area is 101 Å². The van der Waals surface area contributed by atoms with Crippen LogP contribution in [0.15, 0.2) is 6.20 Å². The Morgan fingerprint density at radius 2 is 2.19 bits per heavy atom. The summed E-state index contributed by atoms with van der Waals surface area (Å²) in [4.78, 5) is 8.66. The topological polar surface area (TPSA) is 47.0 Å². The number of methoxy groups -OCH3 is 1. The van der Waals surface area contributed by atoms with Gasteiger partial charge in [0.05, 0.1) is 30.2 Å². The van der Waals surface area contributed by atoms with E-state index in [9.17, 15) is 0 Å². The third-order valence-corrected chi connectivity index (χ3v) is 2.59. The summed E-state index contributed by atoms with van der Waals surface area (Å²) < 4.78 is 5.11. The smallest absolute Gasteiger partial charge is 0.145 e. The average molecular weight is 244 g/mol. The van der Waals surface area contributed by atoms with Crippen molar-refractivity contribution in [2.24, 2.45) is 0 Å². The number of alkyl halides is 1. The SMILES string of the molecule is COCC(CCCl)Nc1cnc(C)c(C)n1. The lowest BCUT2D eigenvalue weighted by atomic mass is 10.2. The molecule has 16 heavy (non-hydrogen) atoms. The van der Waals surface area contributed by atoms with Crippen LogP contribution >= 0.6 is 11.6 Å². The maximum atomic E-state index is 5.72. The van der Waals surface area contributed by atoms with Crippen LogP contribution in [0.1, 0.15) is 17.8 Å². The summed E-state index contributed by atoms with van der Waals surface area (Å²) >= 11 is 5.72. The molecule has 1 heterocycles. The van der Waals surface area contributed by atoms with Gasteiger partial charge in [-0.05, 0) is 20.3 Å². The van der Waals surface area contributed by atoms with E-state index >= 15 is 0 Å². The number of rotatable bonds is 6. The number of halogens is 1. The summed E-state index contributed by atoms with van der Waals surface area (Å²) in [6.07, 6.45) is 2.57. The summed E-state index contributed by atoms with van der Waals surface area (Å²) in [5, 5.41) is 3.27. The van der Waals surface area contributed by atoms with Crippen molar-refractivity contribution in [2.75, 3.05) is 24.9 Å². The van der Waals surface area contributed by atoms with Crippen LogP contribution in [-0.4, -0.2) is 35.6 Å². The minimum Gasteiger partial charge on any atom is -0.383 e. The lowest BCUT2D eigenvalue weighted by Gasteiger charge is -2.17. The summed E-state index contributed by atoms with van der Waals surface area (Å²) in [5.41, 5.74) is 1.89. The highest BCUT2D eigenvalue weighted by Gasteiger charge is 2.09. The molecule has 1 N–H and O–H groups in total. The molecule has 0 saturated heterocycles. The van der Waals surface area contributed by atoms with Crippen LogP contribution in [-0.2, 0) is 4.74 Å². The standard InChI is InChI=1S/C11H18ClN3O/c1-8-9(2)14-11(6-13-8)15-10(4-5-12)7-16-3/h6,10H,4-5,7H2,1-3H3,(H,14,15). The monoisotopic (exact) mass is 243 g/mol. The molecule has 0 aliphatic heterocycles. The predicted molar refractivity (Wildman–Crippen MR) is 66.1 cm³/mol. The van der Waals surface area contributed by atoms with Crippen LogP contribution in [0.3, 0.4) is 0 Å². The average Bonchev–Trinajstić information content (AvgIpc) is 2.24. The van der Waals surface area contributed by atoms with E-state index in [1.165, 1.54) is 0 Å². The molecule has 1 aromatic heterocycles. The van der Waals surface area contributed by atoms with Crippen molar-refractivity contribution in [3.05, 3.63) is 17.6 Å². The van der Waals surface area contributed by atoms with Crippen molar-refractivity contribution >= 4 is 17.4 Å². The van der Waals surface area contributed by atoms with Crippen LogP contribution in [0.2, 0.25) is 0 Å². The van der Waals surface area contributed by atoms with E-state index < -0.39 is 0 Å². The molecule has 0 aliphatic rings. The van der Waals surface area contributed by atoms with Crippen LogP contribution in [0, 0.1) is 13.8 Å². The number of ether oxygens (including phenoxy) is 1. The minimum absolute atomic E-state index is 0.180. The summed E-state index contributed by atoms with van der Waals surface area (Å²) in [6.45, 7) is 4.50. The second-order valence-electron chi connectivity index (χ2n) is 3.70. The first kappa shape index (κ1) is 13.2. The minimum atomic E-state index is 0.180. The Morgan fingerprint density at radius 1 is 1.44 bits per heavy atom. The number of aromatic nitrogens is 2.